The second-order valence-corrected chi connectivity index (χ2v) is 3.66. The third-order valence-electron chi connectivity index (χ3n) is 2.64. The fraction of sp³-hybridized carbons (Fsp3) is 0.250. The van der Waals surface area contributed by atoms with Gasteiger partial charge >= 0.3 is 0 Å². The van der Waals surface area contributed by atoms with Gasteiger partial charge < -0.3 is 0 Å². The molecule has 86 valence electrons. The van der Waals surface area contributed by atoms with E-state index in [2.05, 4.69) is 4.99 Å². The van der Waals surface area contributed by atoms with Gasteiger partial charge in [-0.25, -0.2) is 9.79 Å². The first-order chi connectivity index (χ1) is 8.24. The van der Waals surface area contributed by atoms with Crippen molar-refractivity contribution in [3.63, 3.8) is 0 Å². The maximum atomic E-state index is 12.0. The van der Waals surface area contributed by atoms with Crippen molar-refractivity contribution in [1.82, 2.24) is 4.90 Å². The zero-order valence-electron chi connectivity index (χ0n) is 9.05. The fourth-order valence-corrected chi connectivity index (χ4v) is 1.82. The maximum absolute atomic E-state index is 12.0. The van der Waals surface area contributed by atoms with Crippen LogP contribution in [0.25, 0.3) is 0 Å². The number of hydrogen-bond acceptors (Lipinski definition) is 4. The SMILES string of the molecule is O=C=NCCN1C(=O)Cc2ccccc2C1=O. The topological polar surface area (TPSA) is 66.8 Å². The molecule has 0 saturated carbocycles. The van der Waals surface area contributed by atoms with E-state index in [1.54, 1.807) is 24.3 Å². The summed E-state index contributed by atoms with van der Waals surface area (Å²) in [7, 11) is 0. The fourth-order valence-electron chi connectivity index (χ4n) is 1.82. The maximum Gasteiger partial charge on any atom is 0.260 e. The molecule has 1 aromatic rings. The lowest BCUT2D eigenvalue weighted by Gasteiger charge is -2.25. The molecule has 0 atom stereocenters. The number of amides is 2. The minimum Gasteiger partial charge on any atom is -0.276 e. The lowest BCUT2D eigenvalue weighted by Crippen LogP contribution is -2.43. The van der Waals surface area contributed by atoms with Crippen LogP contribution >= 0.6 is 0 Å². The van der Waals surface area contributed by atoms with Gasteiger partial charge in [-0.15, -0.1) is 0 Å². The molecule has 0 saturated heterocycles. The Hall–Kier alpha value is -2.26. The molecule has 0 spiro atoms. The Balaban J connectivity index is 2.24. The van der Waals surface area contributed by atoms with Crippen LogP contribution in [-0.4, -0.2) is 35.9 Å². The highest BCUT2D eigenvalue weighted by molar-refractivity contribution is 6.09. The standard InChI is InChI=1S/C12H10N2O3/c15-8-13-5-6-14-11(16)7-9-3-1-2-4-10(9)12(14)17/h1-4H,5-7H2. The Labute approximate surface area is 97.8 Å². The van der Waals surface area contributed by atoms with Crippen LogP contribution in [0.1, 0.15) is 15.9 Å². The number of aliphatic imine (C=N–C) groups is 1. The van der Waals surface area contributed by atoms with E-state index in [9.17, 15) is 14.4 Å². The van der Waals surface area contributed by atoms with Crippen molar-refractivity contribution in [2.75, 3.05) is 13.1 Å². The molecule has 0 aromatic heterocycles. The minimum atomic E-state index is -0.321. The molecule has 2 amide bonds. The van der Waals surface area contributed by atoms with Crippen molar-refractivity contribution in [3.05, 3.63) is 35.4 Å². The molecule has 0 unspecified atom stereocenters. The summed E-state index contributed by atoms with van der Waals surface area (Å²) in [6.45, 7) is 0.227. The number of hydrogen-bond donors (Lipinski definition) is 0. The van der Waals surface area contributed by atoms with E-state index in [1.807, 2.05) is 0 Å². The highest BCUT2D eigenvalue weighted by Crippen LogP contribution is 2.19. The number of rotatable bonds is 3. The van der Waals surface area contributed by atoms with Crippen LogP contribution in [0.4, 0.5) is 0 Å². The van der Waals surface area contributed by atoms with Gasteiger partial charge in [0, 0.05) is 12.1 Å². The quantitative estimate of drug-likeness (QED) is 0.432. The smallest absolute Gasteiger partial charge is 0.260 e. The van der Waals surface area contributed by atoms with E-state index in [4.69, 9.17) is 0 Å². The zero-order chi connectivity index (χ0) is 12.3. The summed E-state index contributed by atoms with van der Waals surface area (Å²) in [6.07, 6.45) is 1.60. The summed E-state index contributed by atoms with van der Waals surface area (Å²) >= 11 is 0. The van der Waals surface area contributed by atoms with Crippen LogP contribution < -0.4 is 0 Å². The van der Waals surface area contributed by atoms with Crippen LogP contribution in [-0.2, 0) is 16.0 Å². The van der Waals surface area contributed by atoms with Crippen LogP contribution in [0, 0.1) is 0 Å². The molecule has 17 heavy (non-hydrogen) atoms. The van der Waals surface area contributed by atoms with E-state index < -0.39 is 0 Å². The average molecular weight is 230 g/mol. The zero-order valence-corrected chi connectivity index (χ0v) is 9.05. The number of imide groups is 1. The van der Waals surface area contributed by atoms with Crippen molar-refractivity contribution in [2.45, 2.75) is 6.42 Å². The van der Waals surface area contributed by atoms with Crippen LogP contribution in [0.5, 0.6) is 0 Å². The van der Waals surface area contributed by atoms with Gasteiger partial charge in [0.05, 0.1) is 13.0 Å². The van der Waals surface area contributed by atoms with Gasteiger partial charge in [-0.1, -0.05) is 18.2 Å². The largest absolute Gasteiger partial charge is 0.276 e. The minimum absolute atomic E-state index is 0.100. The highest BCUT2D eigenvalue weighted by Gasteiger charge is 2.29. The molecular weight excluding hydrogens is 220 g/mol. The third-order valence-corrected chi connectivity index (χ3v) is 2.64. The van der Waals surface area contributed by atoms with E-state index in [-0.39, 0.29) is 31.3 Å². The number of isocyanates is 1. The average Bonchev–Trinajstić information content (AvgIpc) is 2.33. The molecular formula is C12H10N2O3. The van der Waals surface area contributed by atoms with Gasteiger partial charge in [-0.2, -0.15) is 0 Å². The van der Waals surface area contributed by atoms with Crippen molar-refractivity contribution in [1.29, 1.82) is 0 Å². The van der Waals surface area contributed by atoms with Crippen LogP contribution in [0.3, 0.4) is 0 Å². The Morgan fingerprint density at radius 1 is 1.29 bits per heavy atom. The molecule has 5 heteroatoms. The number of carbonyl (C=O) groups is 2. The van der Waals surface area contributed by atoms with Crippen molar-refractivity contribution in [2.24, 2.45) is 4.99 Å². The Morgan fingerprint density at radius 2 is 2.06 bits per heavy atom. The number of benzene rings is 1. The van der Waals surface area contributed by atoms with Gasteiger partial charge in [-0.3, -0.25) is 14.5 Å². The Morgan fingerprint density at radius 3 is 2.82 bits per heavy atom. The first-order valence-corrected chi connectivity index (χ1v) is 5.20. The monoisotopic (exact) mass is 230 g/mol. The number of nitrogens with zero attached hydrogens (tertiary/aromatic N) is 2. The molecule has 2 rings (SSSR count). The van der Waals surface area contributed by atoms with E-state index in [1.165, 1.54) is 6.08 Å². The molecule has 0 bridgehead atoms. The molecule has 1 aliphatic heterocycles. The molecule has 1 heterocycles. The second-order valence-electron chi connectivity index (χ2n) is 3.66. The van der Waals surface area contributed by atoms with Gasteiger partial charge in [0.15, 0.2) is 0 Å². The molecule has 0 fully saturated rings. The van der Waals surface area contributed by atoms with E-state index in [0.29, 0.717) is 5.56 Å². The van der Waals surface area contributed by atoms with Gasteiger partial charge in [0.1, 0.15) is 0 Å². The first-order valence-electron chi connectivity index (χ1n) is 5.20. The van der Waals surface area contributed by atoms with Crippen molar-refractivity contribution >= 4 is 17.9 Å². The summed E-state index contributed by atoms with van der Waals surface area (Å²) in [5.41, 5.74) is 1.29. The summed E-state index contributed by atoms with van der Waals surface area (Å²) in [4.78, 5) is 38.1. The van der Waals surface area contributed by atoms with Gasteiger partial charge in [-0.05, 0) is 11.6 Å². The Kier molecular flexibility index (Phi) is 3.12. The predicted octanol–water partition coefficient (Wildman–Crippen LogP) is 0.547. The van der Waals surface area contributed by atoms with E-state index in [0.717, 1.165) is 10.5 Å². The molecule has 1 aliphatic rings. The number of carbonyl (C=O) groups excluding carboxylic acids is 3. The lowest BCUT2D eigenvalue weighted by atomic mass is 9.99. The summed E-state index contributed by atoms with van der Waals surface area (Å²) in [6, 6.07) is 7.02. The predicted molar refractivity (Wildman–Crippen MR) is 59.2 cm³/mol. The van der Waals surface area contributed by atoms with Crippen molar-refractivity contribution in [3.8, 4) is 0 Å². The van der Waals surface area contributed by atoms with Gasteiger partial charge in [0.25, 0.3) is 5.91 Å². The summed E-state index contributed by atoms with van der Waals surface area (Å²) < 4.78 is 0. The molecule has 0 radical (unpaired) electrons. The van der Waals surface area contributed by atoms with E-state index >= 15 is 0 Å². The van der Waals surface area contributed by atoms with Crippen molar-refractivity contribution < 1.29 is 14.4 Å². The first kappa shape index (κ1) is 11.2. The Bertz CT molecular complexity index is 518. The molecule has 5 nitrogen and oxygen atoms in total. The molecule has 1 aromatic carbocycles. The third kappa shape index (κ3) is 2.14. The second kappa shape index (κ2) is 4.72. The van der Waals surface area contributed by atoms with Crippen LogP contribution in [0.2, 0.25) is 0 Å². The van der Waals surface area contributed by atoms with Gasteiger partial charge in [0.2, 0.25) is 12.0 Å². The molecule has 0 N–H and O–H groups in total. The summed E-state index contributed by atoms with van der Waals surface area (Å²) in [5, 5.41) is 0. The van der Waals surface area contributed by atoms with Crippen LogP contribution in [0.15, 0.2) is 29.3 Å². The highest BCUT2D eigenvalue weighted by atomic mass is 16.2. The lowest BCUT2D eigenvalue weighted by molar-refractivity contribution is -0.128. The molecule has 0 aliphatic carbocycles. The summed E-state index contributed by atoms with van der Waals surface area (Å²) in [5.74, 6) is -0.576. The normalized spacial score (nSPS) is 14.2. The number of fused-ring (bicyclic) bond motifs is 1.